The lowest BCUT2D eigenvalue weighted by Gasteiger charge is -2.35. The number of likely N-dealkylation sites (tertiary alicyclic amines) is 1. The first-order valence-electron chi connectivity index (χ1n) is 13.3. The number of hydrogen-bond acceptors (Lipinski definition) is 6. The topological polar surface area (TPSA) is 124 Å². The third-order valence-corrected chi connectivity index (χ3v) is 6.85. The number of carbonyl (C=O) groups is 2. The molecule has 3 aromatic rings. The molecule has 0 bridgehead atoms. The van der Waals surface area contributed by atoms with Gasteiger partial charge in [-0.2, -0.15) is 5.26 Å². The standard InChI is InChI=1S/C30H33FN6O2/c31-23-8-3-6-21(18-23)14-16-34-29-26(12-13-27(36-29)25-10-2-1-7-22(25)19-33)30(39)35-20-24-9-4-11-28(38)37(24)17-5-15-32/h1-3,6-8,10,12-13,18,24H,4-5,9,11,14-17,20,32H2,(H,34,36)(H,35,39). The molecule has 1 saturated heterocycles. The van der Waals surface area contributed by atoms with E-state index in [1.807, 2.05) is 23.1 Å². The molecule has 39 heavy (non-hydrogen) atoms. The molecule has 0 radical (unpaired) electrons. The fourth-order valence-corrected chi connectivity index (χ4v) is 4.83. The van der Waals surface area contributed by atoms with Gasteiger partial charge in [-0.15, -0.1) is 0 Å². The van der Waals surface area contributed by atoms with Crippen molar-refractivity contribution in [3.63, 3.8) is 0 Å². The average molecular weight is 529 g/mol. The zero-order chi connectivity index (χ0) is 27.6. The highest BCUT2D eigenvalue weighted by Gasteiger charge is 2.28. The Balaban J connectivity index is 1.54. The molecule has 1 atom stereocenters. The molecule has 4 rings (SSSR count). The quantitative estimate of drug-likeness (QED) is 0.347. The molecule has 1 fully saturated rings. The summed E-state index contributed by atoms with van der Waals surface area (Å²) in [6.45, 7) is 1.83. The van der Waals surface area contributed by atoms with Crippen molar-refractivity contribution in [1.82, 2.24) is 15.2 Å². The summed E-state index contributed by atoms with van der Waals surface area (Å²) in [4.78, 5) is 32.3. The first-order chi connectivity index (χ1) is 19.0. The number of nitrogens with zero attached hydrogens (tertiary/aromatic N) is 3. The molecule has 4 N–H and O–H groups in total. The number of benzene rings is 2. The van der Waals surface area contributed by atoms with Gasteiger partial charge < -0.3 is 21.3 Å². The van der Waals surface area contributed by atoms with E-state index in [2.05, 4.69) is 16.7 Å². The van der Waals surface area contributed by atoms with Crippen LogP contribution in [0.1, 0.15) is 47.2 Å². The van der Waals surface area contributed by atoms with Crippen LogP contribution in [0, 0.1) is 17.1 Å². The maximum absolute atomic E-state index is 13.6. The van der Waals surface area contributed by atoms with Crippen LogP contribution >= 0.6 is 0 Å². The van der Waals surface area contributed by atoms with Gasteiger partial charge in [0.05, 0.1) is 22.9 Å². The summed E-state index contributed by atoms with van der Waals surface area (Å²) in [5.41, 5.74) is 8.52. The maximum atomic E-state index is 13.6. The summed E-state index contributed by atoms with van der Waals surface area (Å²) in [6, 6.07) is 19.0. The highest BCUT2D eigenvalue weighted by atomic mass is 19.1. The van der Waals surface area contributed by atoms with Crippen molar-refractivity contribution >= 4 is 17.6 Å². The summed E-state index contributed by atoms with van der Waals surface area (Å²) >= 11 is 0. The molecule has 202 valence electrons. The van der Waals surface area contributed by atoms with Crippen molar-refractivity contribution in [2.45, 2.75) is 38.1 Å². The highest BCUT2D eigenvalue weighted by molar-refractivity contribution is 5.99. The number of anilines is 1. The molecule has 2 heterocycles. The highest BCUT2D eigenvalue weighted by Crippen LogP contribution is 2.25. The number of halogens is 1. The van der Waals surface area contributed by atoms with Crippen molar-refractivity contribution in [1.29, 1.82) is 5.26 Å². The van der Waals surface area contributed by atoms with Gasteiger partial charge in [0.15, 0.2) is 0 Å². The Hall–Kier alpha value is -4.29. The Morgan fingerprint density at radius 3 is 2.82 bits per heavy atom. The minimum atomic E-state index is -0.312. The van der Waals surface area contributed by atoms with Crippen molar-refractivity contribution in [3.8, 4) is 17.3 Å². The smallest absolute Gasteiger partial charge is 0.255 e. The van der Waals surface area contributed by atoms with E-state index >= 15 is 0 Å². The van der Waals surface area contributed by atoms with Crippen LogP contribution in [0.5, 0.6) is 0 Å². The van der Waals surface area contributed by atoms with Crippen LogP contribution in [0.15, 0.2) is 60.7 Å². The maximum Gasteiger partial charge on any atom is 0.255 e. The monoisotopic (exact) mass is 528 g/mol. The van der Waals surface area contributed by atoms with Gasteiger partial charge in [-0.25, -0.2) is 9.37 Å². The van der Waals surface area contributed by atoms with Crippen LogP contribution in [-0.4, -0.2) is 53.9 Å². The Morgan fingerprint density at radius 1 is 1.18 bits per heavy atom. The molecule has 2 aromatic carbocycles. The Morgan fingerprint density at radius 2 is 2.03 bits per heavy atom. The number of nitriles is 1. The van der Waals surface area contributed by atoms with Crippen molar-refractivity contribution < 1.29 is 14.0 Å². The summed E-state index contributed by atoms with van der Waals surface area (Å²) in [6.07, 6.45) is 3.37. The van der Waals surface area contributed by atoms with E-state index in [1.54, 1.807) is 30.3 Å². The molecule has 1 aliphatic rings. The van der Waals surface area contributed by atoms with E-state index in [-0.39, 0.29) is 23.7 Å². The van der Waals surface area contributed by atoms with Crippen LogP contribution in [0.2, 0.25) is 0 Å². The number of amides is 2. The van der Waals surface area contributed by atoms with E-state index in [9.17, 15) is 19.2 Å². The zero-order valence-electron chi connectivity index (χ0n) is 21.8. The molecular formula is C30H33FN6O2. The predicted molar refractivity (Wildman–Crippen MR) is 148 cm³/mol. The first kappa shape index (κ1) is 27.7. The Labute approximate surface area is 228 Å². The largest absolute Gasteiger partial charge is 0.369 e. The number of nitrogens with one attached hydrogen (secondary N) is 2. The summed E-state index contributed by atoms with van der Waals surface area (Å²) in [7, 11) is 0. The fourth-order valence-electron chi connectivity index (χ4n) is 4.83. The van der Waals surface area contributed by atoms with Crippen molar-refractivity contribution in [3.05, 3.63) is 83.2 Å². The second-order valence-electron chi connectivity index (χ2n) is 9.54. The number of hydrogen-bond donors (Lipinski definition) is 3. The molecule has 1 aromatic heterocycles. The van der Waals surface area contributed by atoms with Gasteiger partial charge in [0.25, 0.3) is 5.91 Å². The zero-order valence-corrected chi connectivity index (χ0v) is 21.8. The molecule has 8 nitrogen and oxygen atoms in total. The SMILES string of the molecule is N#Cc1ccccc1-c1ccc(C(=O)NCC2CCCC(=O)N2CCCN)c(NCCc2cccc(F)c2)n1. The van der Waals surface area contributed by atoms with Gasteiger partial charge in [-0.1, -0.05) is 30.3 Å². The number of pyridine rings is 1. The first-order valence-corrected chi connectivity index (χ1v) is 13.3. The predicted octanol–water partition coefficient (Wildman–Crippen LogP) is 3.87. The summed E-state index contributed by atoms with van der Waals surface area (Å²) in [5, 5.41) is 15.8. The van der Waals surface area contributed by atoms with E-state index in [0.717, 1.165) is 18.4 Å². The van der Waals surface area contributed by atoms with Crippen molar-refractivity contribution in [2.24, 2.45) is 5.73 Å². The lowest BCUT2D eigenvalue weighted by atomic mass is 10.0. The molecule has 9 heteroatoms. The van der Waals surface area contributed by atoms with E-state index in [4.69, 9.17) is 10.7 Å². The van der Waals surface area contributed by atoms with E-state index in [0.29, 0.717) is 73.6 Å². The second-order valence-corrected chi connectivity index (χ2v) is 9.54. The minimum Gasteiger partial charge on any atom is -0.369 e. The van der Waals surface area contributed by atoms with Gasteiger partial charge in [0.1, 0.15) is 11.6 Å². The number of rotatable bonds is 11. The average Bonchev–Trinajstić information content (AvgIpc) is 2.95. The molecule has 0 aliphatic carbocycles. The van der Waals surface area contributed by atoms with Crippen LogP contribution in [0.4, 0.5) is 10.2 Å². The number of piperidine rings is 1. The summed E-state index contributed by atoms with van der Waals surface area (Å²) in [5.74, 6) is -0.153. The lowest BCUT2D eigenvalue weighted by Crippen LogP contribution is -2.50. The van der Waals surface area contributed by atoms with Crippen LogP contribution in [0.3, 0.4) is 0 Å². The third kappa shape index (κ3) is 7.18. The number of aromatic nitrogens is 1. The summed E-state index contributed by atoms with van der Waals surface area (Å²) < 4.78 is 13.6. The Bertz CT molecular complexity index is 1360. The molecular weight excluding hydrogens is 495 g/mol. The third-order valence-electron chi connectivity index (χ3n) is 6.85. The van der Waals surface area contributed by atoms with E-state index < -0.39 is 0 Å². The number of carbonyl (C=O) groups excluding carboxylic acids is 2. The lowest BCUT2D eigenvalue weighted by molar-refractivity contribution is -0.136. The van der Waals surface area contributed by atoms with Crippen molar-refractivity contribution in [2.75, 3.05) is 31.5 Å². The molecule has 1 unspecified atom stereocenters. The Kier molecular flexibility index (Phi) is 9.59. The minimum absolute atomic E-state index is 0.0825. The normalized spacial score (nSPS) is 15.1. The molecule has 0 saturated carbocycles. The molecule has 0 spiro atoms. The van der Waals surface area contributed by atoms with Crippen LogP contribution in [0.25, 0.3) is 11.3 Å². The van der Waals surface area contributed by atoms with Crippen LogP contribution < -0.4 is 16.4 Å². The fraction of sp³-hybridized carbons (Fsp3) is 0.333. The molecule has 1 aliphatic heterocycles. The van der Waals surface area contributed by atoms with Gasteiger partial charge >= 0.3 is 0 Å². The van der Waals surface area contributed by atoms with Gasteiger partial charge in [-0.3, -0.25) is 9.59 Å². The van der Waals surface area contributed by atoms with Gasteiger partial charge in [0.2, 0.25) is 5.91 Å². The van der Waals surface area contributed by atoms with Gasteiger partial charge in [-0.05, 0) is 68.1 Å². The second kappa shape index (κ2) is 13.5. The van der Waals surface area contributed by atoms with Gasteiger partial charge in [0, 0.05) is 37.7 Å². The van der Waals surface area contributed by atoms with E-state index in [1.165, 1.54) is 12.1 Å². The van der Waals surface area contributed by atoms with Crippen LogP contribution in [-0.2, 0) is 11.2 Å². The number of nitrogens with two attached hydrogens (primary N) is 1. The molecule has 2 amide bonds.